The molecule has 11 heavy (non-hydrogen) atoms. The van der Waals surface area contributed by atoms with Crippen molar-refractivity contribution in [1.82, 2.24) is 0 Å². The third kappa shape index (κ3) is 9.36. The third-order valence-corrected chi connectivity index (χ3v) is 1.02. The van der Waals surface area contributed by atoms with Gasteiger partial charge < -0.3 is 4.74 Å². The average molecular weight is 161 g/mol. The fourth-order valence-electron chi connectivity index (χ4n) is 0.572. The normalized spacial score (nSPS) is 11.5. The topological polar surface area (TPSA) is 52.4 Å². The van der Waals surface area contributed by atoms with Gasteiger partial charge in [0.25, 0.3) is 0 Å². The molecule has 0 unspecified atom stereocenters. The SMILES string of the molecule is CC(C)(C)OCCC[N+](=O)[O-]. The molecule has 0 aromatic heterocycles. The zero-order chi connectivity index (χ0) is 8.91. The molecule has 0 fully saturated rings. The highest BCUT2D eigenvalue weighted by Crippen LogP contribution is 2.06. The van der Waals surface area contributed by atoms with Gasteiger partial charge in [-0.3, -0.25) is 10.1 Å². The lowest BCUT2D eigenvalue weighted by atomic mass is 10.2. The summed E-state index contributed by atoms with van der Waals surface area (Å²) in [4.78, 5) is 9.55. The van der Waals surface area contributed by atoms with Gasteiger partial charge in [0.05, 0.1) is 12.2 Å². The first-order valence-electron chi connectivity index (χ1n) is 3.67. The summed E-state index contributed by atoms with van der Waals surface area (Å²) < 4.78 is 5.28. The Kier molecular flexibility index (Phi) is 4.03. The monoisotopic (exact) mass is 161 g/mol. The molecule has 4 nitrogen and oxygen atoms in total. The highest BCUT2D eigenvalue weighted by Gasteiger charge is 2.09. The molecule has 0 rings (SSSR count). The quantitative estimate of drug-likeness (QED) is 0.356. The molecule has 0 amide bonds. The number of hydrogen-bond acceptors (Lipinski definition) is 3. The lowest BCUT2D eigenvalue weighted by Gasteiger charge is -2.18. The Morgan fingerprint density at radius 1 is 1.45 bits per heavy atom. The molecule has 0 atom stereocenters. The predicted molar refractivity (Wildman–Crippen MR) is 42.2 cm³/mol. The van der Waals surface area contributed by atoms with E-state index in [-0.39, 0.29) is 17.1 Å². The standard InChI is InChI=1S/C7H15NO3/c1-7(2,3)11-6-4-5-8(9)10/h4-6H2,1-3H3. The third-order valence-electron chi connectivity index (χ3n) is 1.02. The highest BCUT2D eigenvalue weighted by molar-refractivity contribution is 4.57. The van der Waals surface area contributed by atoms with Crippen LogP contribution in [0.5, 0.6) is 0 Å². The second-order valence-corrected chi connectivity index (χ2v) is 3.37. The van der Waals surface area contributed by atoms with Crippen molar-refractivity contribution < 1.29 is 9.66 Å². The summed E-state index contributed by atoms with van der Waals surface area (Å²) in [6.45, 7) is 6.25. The van der Waals surface area contributed by atoms with Crippen molar-refractivity contribution in [1.29, 1.82) is 0 Å². The smallest absolute Gasteiger partial charge is 0.206 e. The van der Waals surface area contributed by atoms with Crippen molar-refractivity contribution in [2.45, 2.75) is 32.8 Å². The van der Waals surface area contributed by atoms with Gasteiger partial charge in [0.1, 0.15) is 0 Å². The van der Waals surface area contributed by atoms with Gasteiger partial charge in [-0.1, -0.05) is 0 Å². The Morgan fingerprint density at radius 3 is 2.36 bits per heavy atom. The maximum absolute atomic E-state index is 9.87. The van der Waals surface area contributed by atoms with Gasteiger partial charge in [0.2, 0.25) is 6.54 Å². The van der Waals surface area contributed by atoms with Crippen LogP contribution in [0.1, 0.15) is 27.2 Å². The van der Waals surface area contributed by atoms with Crippen molar-refractivity contribution in [2.24, 2.45) is 0 Å². The van der Waals surface area contributed by atoms with Crippen LogP contribution in [-0.2, 0) is 4.74 Å². The molecular formula is C7H15NO3. The molecular weight excluding hydrogens is 146 g/mol. The molecule has 0 spiro atoms. The second-order valence-electron chi connectivity index (χ2n) is 3.37. The number of nitro groups is 1. The predicted octanol–water partition coefficient (Wildman–Crippen LogP) is 1.47. The van der Waals surface area contributed by atoms with E-state index < -0.39 is 0 Å². The molecule has 4 heteroatoms. The largest absolute Gasteiger partial charge is 0.376 e. The molecule has 0 aliphatic carbocycles. The van der Waals surface area contributed by atoms with Gasteiger partial charge in [0.15, 0.2) is 0 Å². The van der Waals surface area contributed by atoms with Crippen LogP contribution in [0.3, 0.4) is 0 Å². The van der Waals surface area contributed by atoms with Crippen molar-refractivity contribution in [3.05, 3.63) is 10.1 Å². The van der Waals surface area contributed by atoms with Gasteiger partial charge >= 0.3 is 0 Å². The van der Waals surface area contributed by atoms with Crippen molar-refractivity contribution >= 4 is 0 Å². The Balaban J connectivity index is 3.22. The van der Waals surface area contributed by atoms with E-state index in [0.29, 0.717) is 13.0 Å². The first-order valence-corrected chi connectivity index (χ1v) is 3.67. The minimum Gasteiger partial charge on any atom is -0.376 e. The molecule has 0 N–H and O–H groups in total. The zero-order valence-corrected chi connectivity index (χ0v) is 7.29. The Labute approximate surface area is 66.7 Å². The number of ether oxygens (including phenoxy) is 1. The van der Waals surface area contributed by atoms with Crippen LogP contribution in [0.4, 0.5) is 0 Å². The van der Waals surface area contributed by atoms with Crippen LogP contribution < -0.4 is 0 Å². The van der Waals surface area contributed by atoms with E-state index in [9.17, 15) is 10.1 Å². The van der Waals surface area contributed by atoms with E-state index in [0.717, 1.165) is 0 Å². The fraction of sp³-hybridized carbons (Fsp3) is 1.00. The number of hydrogen-bond donors (Lipinski definition) is 0. The van der Waals surface area contributed by atoms with Gasteiger partial charge in [-0.05, 0) is 20.8 Å². The van der Waals surface area contributed by atoms with Crippen LogP contribution in [0.2, 0.25) is 0 Å². The Hall–Kier alpha value is -0.640. The van der Waals surface area contributed by atoms with E-state index in [1.54, 1.807) is 0 Å². The Morgan fingerprint density at radius 2 is 2.00 bits per heavy atom. The van der Waals surface area contributed by atoms with Gasteiger partial charge in [0, 0.05) is 11.3 Å². The average Bonchev–Trinajstić information content (AvgIpc) is 1.78. The summed E-state index contributed by atoms with van der Waals surface area (Å²) in [7, 11) is 0. The summed E-state index contributed by atoms with van der Waals surface area (Å²) in [6, 6.07) is 0. The molecule has 0 radical (unpaired) electrons. The van der Waals surface area contributed by atoms with Crippen LogP contribution in [0.25, 0.3) is 0 Å². The van der Waals surface area contributed by atoms with E-state index in [4.69, 9.17) is 4.74 Å². The molecule has 0 heterocycles. The van der Waals surface area contributed by atoms with Crippen molar-refractivity contribution in [3.8, 4) is 0 Å². The first kappa shape index (κ1) is 10.4. The van der Waals surface area contributed by atoms with Gasteiger partial charge in [-0.15, -0.1) is 0 Å². The summed E-state index contributed by atoms with van der Waals surface area (Å²) >= 11 is 0. The fourth-order valence-corrected chi connectivity index (χ4v) is 0.572. The van der Waals surface area contributed by atoms with Crippen molar-refractivity contribution in [2.75, 3.05) is 13.2 Å². The summed E-state index contributed by atoms with van der Waals surface area (Å²) in [5.74, 6) is 0. The molecule has 66 valence electrons. The van der Waals surface area contributed by atoms with Gasteiger partial charge in [-0.25, -0.2) is 0 Å². The molecule has 0 aromatic carbocycles. The minimum atomic E-state index is -0.327. The van der Waals surface area contributed by atoms with Crippen LogP contribution >= 0.6 is 0 Å². The number of rotatable bonds is 4. The lowest BCUT2D eigenvalue weighted by molar-refractivity contribution is -0.481. The summed E-state index contributed by atoms with van der Waals surface area (Å²) in [6.07, 6.45) is 0.490. The summed E-state index contributed by atoms with van der Waals surface area (Å²) in [5, 5.41) is 9.87. The molecule has 0 aliphatic heterocycles. The Bertz CT molecular complexity index is 128. The second kappa shape index (κ2) is 4.28. The van der Waals surface area contributed by atoms with Gasteiger partial charge in [-0.2, -0.15) is 0 Å². The van der Waals surface area contributed by atoms with Crippen LogP contribution in [0, 0.1) is 10.1 Å². The summed E-state index contributed by atoms with van der Waals surface area (Å²) in [5.41, 5.74) is -0.184. The van der Waals surface area contributed by atoms with E-state index in [1.807, 2.05) is 20.8 Å². The van der Waals surface area contributed by atoms with Crippen molar-refractivity contribution in [3.63, 3.8) is 0 Å². The maximum atomic E-state index is 9.87. The van der Waals surface area contributed by atoms with E-state index in [1.165, 1.54) is 0 Å². The molecule has 0 saturated heterocycles. The molecule has 0 saturated carbocycles. The molecule has 0 aromatic rings. The highest BCUT2D eigenvalue weighted by atomic mass is 16.6. The van der Waals surface area contributed by atoms with Crippen LogP contribution in [0.15, 0.2) is 0 Å². The first-order chi connectivity index (χ1) is 4.92. The number of nitrogens with zero attached hydrogens (tertiary/aromatic N) is 1. The maximum Gasteiger partial charge on any atom is 0.206 e. The molecule has 0 aliphatic rings. The van der Waals surface area contributed by atoms with E-state index >= 15 is 0 Å². The van der Waals surface area contributed by atoms with Crippen LogP contribution in [-0.4, -0.2) is 23.7 Å². The van der Waals surface area contributed by atoms with E-state index in [2.05, 4.69) is 0 Å². The zero-order valence-electron chi connectivity index (χ0n) is 7.29. The molecule has 0 bridgehead atoms. The lowest BCUT2D eigenvalue weighted by Crippen LogP contribution is -2.20. The minimum absolute atomic E-state index is 0.00389.